The minimum Gasteiger partial charge on any atom is -0.457 e. The van der Waals surface area contributed by atoms with Crippen molar-refractivity contribution in [2.75, 3.05) is 0 Å². The molecule has 0 spiro atoms. The summed E-state index contributed by atoms with van der Waals surface area (Å²) in [5.74, 6) is 1.50. The first-order valence-electron chi connectivity index (χ1n) is 9.60. The van der Waals surface area contributed by atoms with Gasteiger partial charge in [-0.2, -0.15) is 0 Å². The number of rotatable bonds is 5. The molecule has 1 N–H and O–H groups in total. The Bertz CT molecular complexity index is 1170. The van der Waals surface area contributed by atoms with E-state index < -0.39 is 0 Å². The van der Waals surface area contributed by atoms with Crippen LogP contribution in [0.4, 0.5) is 0 Å². The quantitative estimate of drug-likeness (QED) is 0.409. The van der Waals surface area contributed by atoms with E-state index in [9.17, 15) is 5.11 Å². The molecule has 4 aromatic rings. The number of para-hydroxylation sites is 1. The summed E-state index contributed by atoms with van der Waals surface area (Å²) < 4.78 is 6.12. The van der Waals surface area contributed by atoms with E-state index in [2.05, 4.69) is 18.0 Å². The zero-order chi connectivity index (χ0) is 20.4. The van der Waals surface area contributed by atoms with E-state index >= 15 is 0 Å². The van der Waals surface area contributed by atoms with Crippen LogP contribution in [0.15, 0.2) is 72.9 Å². The molecule has 29 heavy (non-hydrogen) atoms. The molecular weight excluding hydrogens is 382 g/mol. The Morgan fingerprint density at radius 2 is 1.72 bits per heavy atom. The number of benzene rings is 3. The van der Waals surface area contributed by atoms with Crippen molar-refractivity contribution in [3.05, 3.63) is 89.1 Å². The van der Waals surface area contributed by atoms with E-state index in [4.69, 9.17) is 16.3 Å². The van der Waals surface area contributed by atoms with Crippen LogP contribution in [0.1, 0.15) is 18.1 Å². The van der Waals surface area contributed by atoms with Crippen molar-refractivity contribution >= 4 is 22.5 Å². The van der Waals surface area contributed by atoms with Crippen molar-refractivity contribution in [3.63, 3.8) is 0 Å². The van der Waals surface area contributed by atoms with E-state index in [0.717, 1.165) is 44.7 Å². The molecule has 1 aromatic heterocycles. The van der Waals surface area contributed by atoms with Crippen LogP contribution in [0.25, 0.3) is 22.0 Å². The van der Waals surface area contributed by atoms with Gasteiger partial charge in [0.05, 0.1) is 16.6 Å². The summed E-state index contributed by atoms with van der Waals surface area (Å²) in [5.41, 5.74) is 5.07. The molecule has 146 valence electrons. The molecule has 3 nitrogen and oxygen atoms in total. The average Bonchev–Trinajstić information content (AvgIpc) is 2.68. The third kappa shape index (κ3) is 4.26. The van der Waals surface area contributed by atoms with E-state index in [-0.39, 0.29) is 6.10 Å². The van der Waals surface area contributed by atoms with Gasteiger partial charge in [-0.25, -0.2) is 0 Å². The summed E-state index contributed by atoms with van der Waals surface area (Å²) in [7, 11) is 0. The zero-order valence-electron chi connectivity index (χ0n) is 16.4. The van der Waals surface area contributed by atoms with Gasteiger partial charge in [-0.15, -0.1) is 0 Å². The van der Waals surface area contributed by atoms with Gasteiger partial charge in [-0.3, -0.25) is 4.98 Å². The Labute approximate surface area is 175 Å². The van der Waals surface area contributed by atoms with Gasteiger partial charge >= 0.3 is 0 Å². The third-order valence-electron chi connectivity index (χ3n) is 4.83. The highest BCUT2D eigenvalue weighted by molar-refractivity contribution is 6.35. The summed E-state index contributed by atoms with van der Waals surface area (Å²) in [5, 5.41) is 11.3. The minimum atomic E-state index is -0.386. The van der Waals surface area contributed by atoms with Crippen molar-refractivity contribution in [1.29, 1.82) is 0 Å². The number of halogens is 1. The maximum Gasteiger partial charge on any atom is 0.128 e. The van der Waals surface area contributed by atoms with E-state index in [0.29, 0.717) is 11.4 Å². The predicted octanol–water partition coefficient (Wildman–Crippen LogP) is 6.58. The summed E-state index contributed by atoms with van der Waals surface area (Å²) >= 11 is 6.35. The maximum absolute atomic E-state index is 9.63. The topological polar surface area (TPSA) is 42.4 Å². The van der Waals surface area contributed by atoms with Crippen LogP contribution in [0.3, 0.4) is 0 Å². The molecule has 0 bridgehead atoms. The zero-order valence-corrected chi connectivity index (χ0v) is 17.1. The van der Waals surface area contributed by atoms with Crippen molar-refractivity contribution in [2.24, 2.45) is 0 Å². The lowest BCUT2D eigenvalue weighted by atomic mass is 9.97. The van der Waals surface area contributed by atoms with Gasteiger partial charge in [-0.1, -0.05) is 48.0 Å². The largest absolute Gasteiger partial charge is 0.457 e. The van der Waals surface area contributed by atoms with Gasteiger partial charge in [0.1, 0.15) is 11.5 Å². The molecule has 0 saturated carbocycles. The van der Waals surface area contributed by atoms with Crippen LogP contribution in [0.2, 0.25) is 5.02 Å². The standard InChI is InChI=1S/C25H22ClNO2/c1-16-15-27-25-22(10-5-11-23(25)26)24(16)19-7-4-9-21(14-19)29-20-8-3-6-18(13-20)12-17(2)28/h3-11,13-15,17,28H,12H2,1-2H3. The Balaban J connectivity index is 1.71. The third-order valence-corrected chi connectivity index (χ3v) is 5.13. The summed E-state index contributed by atoms with van der Waals surface area (Å²) in [4.78, 5) is 4.51. The predicted molar refractivity (Wildman–Crippen MR) is 119 cm³/mol. The molecule has 1 heterocycles. The second kappa shape index (κ2) is 8.24. The number of pyridine rings is 1. The van der Waals surface area contributed by atoms with Gasteiger partial charge in [0.15, 0.2) is 0 Å². The molecule has 1 unspecified atom stereocenters. The van der Waals surface area contributed by atoms with Crippen LogP contribution in [-0.2, 0) is 6.42 Å². The summed E-state index contributed by atoms with van der Waals surface area (Å²) in [6.45, 7) is 3.83. The Hall–Kier alpha value is -2.88. The van der Waals surface area contributed by atoms with E-state index in [1.165, 1.54) is 0 Å². The van der Waals surface area contributed by atoms with Crippen molar-refractivity contribution in [2.45, 2.75) is 26.4 Å². The average molecular weight is 404 g/mol. The minimum absolute atomic E-state index is 0.386. The molecule has 0 amide bonds. The van der Waals surface area contributed by atoms with Gasteiger partial charge in [0.25, 0.3) is 0 Å². The Morgan fingerprint density at radius 3 is 2.52 bits per heavy atom. The van der Waals surface area contributed by atoms with Crippen LogP contribution < -0.4 is 4.74 Å². The number of aryl methyl sites for hydroxylation is 1. The fraction of sp³-hybridized carbons (Fsp3) is 0.160. The number of aromatic nitrogens is 1. The lowest BCUT2D eigenvalue weighted by molar-refractivity contribution is 0.195. The molecule has 3 aromatic carbocycles. The molecule has 0 saturated heterocycles. The molecular formula is C25H22ClNO2. The first-order chi connectivity index (χ1) is 14.0. The fourth-order valence-electron chi connectivity index (χ4n) is 3.60. The lowest BCUT2D eigenvalue weighted by Gasteiger charge is -2.13. The van der Waals surface area contributed by atoms with Gasteiger partial charge in [-0.05, 0) is 72.9 Å². The Kier molecular flexibility index (Phi) is 5.52. The number of ether oxygens (including phenoxy) is 1. The number of fused-ring (bicyclic) bond motifs is 1. The second-order valence-corrected chi connectivity index (χ2v) is 7.69. The number of hydrogen-bond donors (Lipinski definition) is 1. The number of aliphatic hydroxyl groups is 1. The highest BCUT2D eigenvalue weighted by Crippen LogP contribution is 2.35. The normalized spacial score (nSPS) is 12.1. The first kappa shape index (κ1) is 19.4. The SMILES string of the molecule is Cc1cnc2c(Cl)cccc2c1-c1cccc(Oc2cccc(CC(C)O)c2)c1. The highest BCUT2D eigenvalue weighted by Gasteiger charge is 2.11. The molecule has 0 aliphatic carbocycles. The van der Waals surface area contributed by atoms with Crippen molar-refractivity contribution < 1.29 is 9.84 Å². The second-order valence-electron chi connectivity index (χ2n) is 7.28. The first-order valence-corrected chi connectivity index (χ1v) is 9.98. The molecule has 1 atom stereocenters. The fourth-order valence-corrected chi connectivity index (χ4v) is 3.82. The van der Waals surface area contributed by atoms with Crippen LogP contribution in [0.5, 0.6) is 11.5 Å². The number of hydrogen-bond acceptors (Lipinski definition) is 3. The Morgan fingerprint density at radius 1 is 1.00 bits per heavy atom. The molecule has 0 radical (unpaired) electrons. The van der Waals surface area contributed by atoms with E-state index in [1.54, 1.807) is 6.92 Å². The van der Waals surface area contributed by atoms with E-state index in [1.807, 2.05) is 66.9 Å². The summed E-state index contributed by atoms with van der Waals surface area (Å²) in [6, 6.07) is 21.7. The lowest BCUT2D eigenvalue weighted by Crippen LogP contribution is -2.03. The van der Waals surface area contributed by atoms with Crippen molar-refractivity contribution in [1.82, 2.24) is 4.98 Å². The maximum atomic E-state index is 9.63. The van der Waals surface area contributed by atoms with Crippen LogP contribution in [0, 0.1) is 6.92 Å². The smallest absolute Gasteiger partial charge is 0.128 e. The number of nitrogens with zero attached hydrogens (tertiary/aromatic N) is 1. The molecule has 0 fully saturated rings. The van der Waals surface area contributed by atoms with Crippen molar-refractivity contribution in [3.8, 4) is 22.6 Å². The molecule has 0 aliphatic rings. The molecule has 0 aliphatic heterocycles. The van der Waals surface area contributed by atoms with Gasteiger partial charge in [0.2, 0.25) is 0 Å². The van der Waals surface area contributed by atoms with Crippen LogP contribution >= 0.6 is 11.6 Å². The summed E-state index contributed by atoms with van der Waals surface area (Å²) in [6.07, 6.45) is 2.07. The number of aliphatic hydroxyl groups excluding tert-OH is 1. The van der Waals surface area contributed by atoms with Gasteiger partial charge in [0, 0.05) is 11.6 Å². The van der Waals surface area contributed by atoms with Gasteiger partial charge < -0.3 is 9.84 Å². The highest BCUT2D eigenvalue weighted by atomic mass is 35.5. The molecule has 4 heteroatoms. The molecule has 4 rings (SSSR count). The monoisotopic (exact) mass is 403 g/mol. The van der Waals surface area contributed by atoms with Crippen LogP contribution in [-0.4, -0.2) is 16.2 Å².